The highest BCUT2D eigenvalue weighted by Crippen LogP contribution is 2.22. The van der Waals surface area contributed by atoms with Crippen LogP contribution in [0.1, 0.15) is 25.7 Å². The molecule has 2 aliphatic heterocycles. The molecule has 0 spiro atoms. The average Bonchev–Trinajstić information content (AvgIpc) is 3.11. The monoisotopic (exact) mass is 359 g/mol. The molecule has 7 heteroatoms. The number of hydrogen-bond acceptors (Lipinski definition) is 7. The Morgan fingerprint density at radius 1 is 1.24 bits per heavy atom. The van der Waals surface area contributed by atoms with Gasteiger partial charge in [0.25, 0.3) is 0 Å². The molecule has 2 aromatic heterocycles. The molecule has 2 saturated heterocycles. The van der Waals surface area contributed by atoms with Gasteiger partial charge in [-0.15, -0.1) is 0 Å². The van der Waals surface area contributed by atoms with Gasteiger partial charge in [0.15, 0.2) is 0 Å². The van der Waals surface area contributed by atoms with Crippen molar-refractivity contribution >= 4 is 17.6 Å². The van der Waals surface area contributed by atoms with Crippen LogP contribution in [-0.4, -0.2) is 57.7 Å². The number of piperidine rings is 1. The topological polar surface area (TPSA) is 58.3 Å². The van der Waals surface area contributed by atoms with E-state index in [1.54, 1.807) is 0 Å². The molecule has 2 aliphatic rings. The Kier molecular flexibility index (Phi) is 5.22. The zero-order valence-corrected chi connectivity index (χ0v) is 15.5. The summed E-state index contributed by atoms with van der Waals surface area (Å²) in [6.07, 6.45) is 4.43. The number of thioether (sulfide) groups is 1. The highest BCUT2D eigenvalue weighted by Gasteiger charge is 2.19. The third kappa shape index (κ3) is 4.15. The van der Waals surface area contributed by atoms with Crippen LogP contribution in [0.4, 0.5) is 5.82 Å². The van der Waals surface area contributed by atoms with Crippen molar-refractivity contribution in [2.24, 2.45) is 5.92 Å². The first-order valence-corrected chi connectivity index (χ1v) is 10.3. The number of nitrogens with zero attached hydrogens (tertiary/aromatic N) is 5. The van der Waals surface area contributed by atoms with Gasteiger partial charge in [0.05, 0.1) is 6.54 Å². The first-order valence-electron chi connectivity index (χ1n) is 9.12. The Morgan fingerprint density at radius 2 is 2.12 bits per heavy atom. The second-order valence-corrected chi connectivity index (χ2v) is 8.22. The van der Waals surface area contributed by atoms with Crippen molar-refractivity contribution in [2.45, 2.75) is 26.3 Å². The summed E-state index contributed by atoms with van der Waals surface area (Å²) >= 11 is 2.00. The first-order chi connectivity index (χ1) is 12.3. The van der Waals surface area contributed by atoms with Crippen LogP contribution in [0.15, 0.2) is 22.9 Å². The molecule has 0 aromatic carbocycles. The molecule has 6 nitrogen and oxygen atoms in total. The normalized spacial score (nSPS) is 22.3. The van der Waals surface area contributed by atoms with Gasteiger partial charge in [-0.1, -0.05) is 12.1 Å². The minimum atomic E-state index is 0.633. The summed E-state index contributed by atoms with van der Waals surface area (Å²) in [7, 11) is 0. The number of rotatable bonds is 4. The van der Waals surface area contributed by atoms with E-state index in [0.29, 0.717) is 11.7 Å². The summed E-state index contributed by atoms with van der Waals surface area (Å²) in [5.41, 5.74) is 0.914. The zero-order valence-electron chi connectivity index (χ0n) is 14.7. The van der Waals surface area contributed by atoms with E-state index in [1.165, 1.54) is 24.3 Å². The summed E-state index contributed by atoms with van der Waals surface area (Å²) in [6, 6.07) is 4.11. The summed E-state index contributed by atoms with van der Waals surface area (Å²) < 4.78 is 5.46. The van der Waals surface area contributed by atoms with Gasteiger partial charge in [-0.2, -0.15) is 16.7 Å². The Balaban J connectivity index is 1.41. The lowest BCUT2D eigenvalue weighted by molar-refractivity contribution is 0.157. The molecule has 2 fully saturated rings. The van der Waals surface area contributed by atoms with Crippen molar-refractivity contribution in [3.05, 3.63) is 24.2 Å². The summed E-state index contributed by atoms with van der Waals surface area (Å²) in [5, 5.41) is 4.14. The summed E-state index contributed by atoms with van der Waals surface area (Å²) in [5.74, 6) is 5.46. The number of pyridine rings is 1. The van der Waals surface area contributed by atoms with Crippen LogP contribution in [0.3, 0.4) is 0 Å². The minimum absolute atomic E-state index is 0.633. The van der Waals surface area contributed by atoms with Gasteiger partial charge in [0.1, 0.15) is 5.82 Å². The van der Waals surface area contributed by atoms with Crippen LogP contribution >= 0.6 is 11.8 Å². The maximum Gasteiger partial charge on any atom is 0.241 e. The Hall–Kier alpha value is -1.60. The summed E-state index contributed by atoms with van der Waals surface area (Å²) in [4.78, 5) is 13.9. The number of likely N-dealkylation sites (tertiary alicyclic amines) is 1. The molecule has 1 atom stereocenters. The highest BCUT2D eigenvalue weighted by molar-refractivity contribution is 7.99. The van der Waals surface area contributed by atoms with Crippen LogP contribution in [0, 0.1) is 5.92 Å². The number of anilines is 1. The van der Waals surface area contributed by atoms with E-state index in [0.717, 1.165) is 50.0 Å². The van der Waals surface area contributed by atoms with Crippen molar-refractivity contribution in [2.75, 3.05) is 42.6 Å². The van der Waals surface area contributed by atoms with Gasteiger partial charge in [-0.25, -0.2) is 4.98 Å². The average molecular weight is 359 g/mol. The fraction of sp³-hybridized carbons (Fsp3) is 0.611. The molecule has 0 saturated carbocycles. The Morgan fingerprint density at radius 3 is 2.88 bits per heavy atom. The Bertz CT molecular complexity index is 683. The SMILES string of the molecule is C[C@@H]1CCCN(Cc2nc(-c3ccc(N4CCSCC4)nc3)no2)C1. The number of hydrogen-bond donors (Lipinski definition) is 0. The molecule has 0 aliphatic carbocycles. The van der Waals surface area contributed by atoms with E-state index in [2.05, 4.69) is 37.9 Å². The van der Waals surface area contributed by atoms with Crippen LogP contribution < -0.4 is 4.90 Å². The molecular formula is C18H25N5OS. The van der Waals surface area contributed by atoms with E-state index in [9.17, 15) is 0 Å². The zero-order chi connectivity index (χ0) is 17.1. The molecule has 0 amide bonds. The quantitative estimate of drug-likeness (QED) is 0.832. The van der Waals surface area contributed by atoms with Crippen molar-refractivity contribution in [1.29, 1.82) is 0 Å². The van der Waals surface area contributed by atoms with Gasteiger partial charge in [-0.05, 0) is 37.4 Å². The van der Waals surface area contributed by atoms with E-state index in [-0.39, 0.29) is 0 Å². The van der Waals surface area contributed by atoms with Crippen molar-refractivity contribution in [3.8, 4) is 11.4 Å². The van der Waals surface area contributed by atoms with Crippen LogP contribution in [0.25, 0.3) is 11.4 Å². The lowest BCUT2D eigenvalue weighted by Gasteiger charge is -2.29. The van der Waals surface area contributed by atoms with Crippen molar-refractivity contribution in [3.63, 3.8) is 0 Å². The molecule has 134 valence electrons. The molecule has 0 radical (unpaired) electrons. The van der Waals surface area contributed by atoms with E-state index in [1.807, 2.05) is 24.0 Å². The second kappa shape index (κ2) is 7.74. The van der Waals surface area contributed by atoms with Crippen LogP contribution in [-0.2, 0) is 6.54 Å². The molecule has 0 N–H and O–H groups in total. The lowest BCUT2D eigenvalue weighted by atomic mass is 10.0. The van der Waals surface area contributed by atoms with Crippen LogP contribution in [0.5, 0.6) is 0 Å². The maximum atomic E-state index is 5.46. The van der Waals surface area contributed by atoms with Gasteiger partial charge in [0.2, 0.25) is 11.7 Å². The summed E-state index contributed by atoms with van der Waals surface area (Å²) in [6.45, 7) is 7.41. The van der Waals surface area contributed by atoms with E-state index >= 15 is 0 Å². The molecule has 4 rings (SSSR count). The highest BCUT2D eigenvalue weighted by atomic mass is 32.2. The molecule has 25 heavy (non-hydrogen) atoms. The first kappa shape index (κ1) is 16.8. The lowest BCUT2D eigenvalue weighted by Crippen LogP contribution is -2.33. The van der Waals surface area contributed by atoms with Gasteiger partial charge in [0, 0.05) is 42.9 Å². The van der Waals surface area contributed by atoms with Crippen molar-refractivity contribution < 1.29 is 4.52 Å². The van der Waals surface area contributed by atoms with E-state index in [4.69, 9.17) is 4.52 Å². The van der Waals surface area contributed by atoms with Gasteiger partial charge < -0.3 is 9.42 Å². The second-order valence-electron chi connectivity index (χ2n) is 7.00. The predicted molar refractivity (Wildman–Crippen MR) is 101 cm³/mol. The smallest absolute Gasteiger partial charge is 0.241 e. The molecule has 0 bridgehead atoms. The molecule has 4 heterocycles. The van der Waals surface area contributed by atoms with Crippen molar-refractivity contribution in [1.82, 2.24) is 20.0 Å². The molecular weight excluding hydrogens is 334 g/mol. The standard InChI is InChI=1S/C18H25N5OS/c1-14-3-2-6-22(12-14)13-17-20-18(21-24-17)15-4-5-16(19-11-15)23-7-9-25-10-8-23/h4-5,11,14H,2-3,6-10,12-13H2,1H3/t14-/m1/s1. The largest absolute Gasteiger partial charge is 0.355 e. The van der Waals surface area contributed by atoms with E-state index < -0.39 is 0 Å². The maximum absolute atomic E-state index is 5.46. The fourth-order valence-corrected chi connectivity index (χ4v) is 4.46. The van der Waals surface area contributed by atoms with Gasteiger partial charge in [-0.3, -0.25) is 4.90 Å². The van der Waals surface area contributed by atoms with Gasteiger partial charge >= 0.3 is 0 Å². The fourth-order valence-electron chi connectivity index (χ4n) is 3.56. The van der Waals surface area contributed by atoms with Crippen LogP contribution in [0.2, 0.25) is 0 Å². The predicted octanol–water partition coefficient (Wildman–Crippen LogP) is 2.92. The third-order valence-electron chi connectivity index (χ3n) is 4.91. The Labute approximate surface area is 153 Å². The third-order valence-corrected chi connectivity index (χ3v) is 5.85. The molecule has 2 aromatic rings. The molecule has 0 unspecified atom stereocenters. The minimum Gasteiger partial charge on any atom is -0.355 e. The number of aromatic nitrogens is 3.